The molecule has 1 amide bonds. The normalized spacial score (nSPS) is 17.4. The second-order valence-electron chi connectivity index (χ2n) is 11.3. The summed E-state index contributed by atoms with van der Waals surface area (Å²) in [5, 5.41) is 13.3. The highest BCUT2D eigenvalue weighted by molar-refractivity contribution is 6.00. The van der Waals surface area contributed by atoms with Gasteiger partial charge < -0.3 is 33.5 Å². The number of amides is 1. The number of ketones is 1. The van der Waals surface area contributed by atoms with E-state index in [1.165, 1.54) is 25.1 Å². The summed E-state index contributed by atoms with van der Waals surface area (Å²) in [6.07, 6.45) is -4.28. The molecule has 3 N–H and O–H groups in total. The molecule has 3 heterocycles. The summed E-state index contributed by atoms with van der Waals surface area (Å²) < 4.78 is 34.3. The topological polar surface area (TPSA) is 202 Å². The lowest BCUT2D eigenvalue weighted by atomic mass is 9.99. The number of aliphatic hydroxyl groups excluding tert-OH is 1. The predicted molar refractivity (Wildman–Crippen MR) is 179 cm³/mol. The lowest BCUT2D eigenvalue weighted by molar-refractivity contribution is -0.118. The first-order valence-electron chi connectivity index (χ1n) is 15.7. The molecule has 51 heavy (non-hydrogen) atoms. The van der Waals surface area contributed by atoms with E-state index in [0.29, 0.717) is 17.2 Å². The number of aromatic nitrogens is 4. The highest BCUT2D eigenvalue weighted by Crippen LogP contribution is 2.33. The molecule has 1 aliphatic rings. The van der Waals surface area contributed by atoms with Crippen LogP contribution in [0, 0.1) is 0 Å². The predicted octanol–water partition coefficient (Wildman–Crippen LogP) is 3.58. The van der Waals surface area contributed by atoms with E-state index in [1.807, 2.05) is 6.07 Å². The molecule has 1 fully saturated rings. The van der Waals surface area contributed by atoms with E-state index < -0.39 is 54.6 Å². The number of Topliss-reactive ketones (excluding diaryl/α,β-unsaturated/α-hetero) is 1. The molecule has 1 saturated heterocycles. The van der Waals surface area contributed by atoms with Crippen LogP contribution in [0.5, 0.6) is 17.2 Å². The summed E-state index contributed by atoms with van der Waals surface area (Å²) >= 11 is 0. The Morgan fingerprint density at radius 3 is 2.37 bits per heavy atom. The quantitative estimate of drug-likeness (QED) is 0.119. The maximum atomic E-state index is 13.5. The van der Waals surface area contributed by atoms with Gasteiger partial charge in [-0.25, -0.2) is 9.78 Å². The minimum absolute atomic E-state index is 0.0222. The fourth-order valence-corrected chi connectivity index (χ4v) is 5.35. The van der Waals surface area contributed by atoms with Crippen LogP contribution in [0.1, 0.15) is 34.7 Å². The zero-order chi connectivity index (χ0) is 35.9. The largest absolute Gasteiger partial charge is 0.509 e. The molecule has 1 aliphatic heterocycles. The average molecular weight is 700 g/mol. The van der Waals surface area contributed by atoms with Gasteiger partial charge in [-0.05, 0) is 24.3 Å². The number of ether oxygens (including phenoxy) is 6. The van der Waals surface area contributed by atoms with Gasteiger partial charge in [0.05, 0.1) is 26.7 Å². The summed E-state index contributed by atoms with van der Waals surface area (Å²) in [5.74, 6) is -0.00239. The van der Waals surface area contributed by atoms with Crippen LogP contribution in [-0.2, 0) is 19.0 Å². The fourth-order valence-electron chi connectivity index (χ4n) is 5.35. The Balaban J connectivity index is 1.12. The number of hydrogen-bond acceptors (Lipinski definition) is 13. The van der Waals surface area contributed by atoms with Crippen LogP contribution in [-0.4, -0.2) is 82.1 Å². The Morgan fingerprint density at radius 1 is 1.00 bits per heavy atom. The molecule has 1 unspecified atom stereocenters. The Labute approximate surface area is 289 Å². The number of anilines is 1. The number of nitrogens with one attached hydrogen (secondary N) is 2. The van der Waals surface area contributed by atoms with Gasteiger partial charge in [0.15, 0.2) is 23.9 Å². The molecule has 16 nitrogen and oxygen atoms in total. The van der Waals surface area contributed by atoms with Gasteiger partial charge in [-0.1, -0.05) is 48.5 Å². The second-order valence-corrected chi connectivity index (χ2v) is 11.3. The molecule has 4 atom stereocenters. The number of benzene rings is 3. The SMILES string of the molecule is COc1cc(OC)cc(C(OC(=O)OC[C@H]2O[C@@H](n3cnc4c(=O)[nH]c(NC(=O)COc5ccccc5)nc43)C[C@@H]2O)C(=O)c2ccccc2)c1. The molecule has 0 bridgehead atoms. The van der Waals surface area contributed by atoms with E-state index >= 15 is 0 Å². The Morgan fingerprint density at radius 2 is 1.69 bits per heavy atom. The highest BCUT2D eigenvalue weighted by atomic mass is 16.7. The number of para-hydroxylation sites is 1. The number of H-pyrrole nitrogens is 1. The zero-order valence-corrected chi connectivity index (χ0v) is 27.4. The van der Waals surface area contributed by atoms with Gasteiger partial charge in [0.25, 0.3) is 11.5 Å². The third-order valence-corrected chi connectivity index (χ3v) is 7.87. The first-order valence-corrected chi connectivity index (χ1v) is 15.7. The summed E-state index contributed by atoms with van der Waals surface area (Å²) in [5.41, 5.74) is -0.00135. The van der Waals surface area contributed by atoms with Crippen molar-refractivity contribution in [3.63, 3.8) is 0 Å². The number of fused-ring (bicyclic) bond motifs is 1. The monoisotopic (exact) mass is 699 g/mol. The molecular formula is C35H33N5O11. The van der Waals surface area contributed by atoms with Crippen molar-refractivity contribution in [1.82, 2.24) is 19.5 Å². The number of rotatable bonds is 13. The van der Waals surface area contributed by atoms with Gasteiger partial charge in [0.2, 0.25) is 11.7 Å². The summed E-state index contributed by atoms with van der Waals surface area (Å²) in [6.45, 7) is -0.768. The first-order chi connectivity index (χ1) is 24.7. The van der Waals surface area contributed by atoms with Crippen LogP contribution in [0.25, 0.3) is 11.2 Å². The minimum Gasteiger partial charge on any atom is -0.497 e. The van der Waals surface area contributed by atoms with Crippen LogP contribution < -0.4 is 25.1 Å². The highest BCUT2D eigenvalue weighted by Gasteiger charge is 2.37. The maximum absolute atomic E-state index is 13.5. The number of methoxy groups -OCH3 is 2. The van der Waals surface area contributed by atoms with Crippen molar-refractivity contribution in [2.75, 3.05) is 32.8 Å². The van der Waals surface area contributed by atoms with Crippen LogP contribution in [0.15, 0.2) is 90.0 Å². The second kappa shape index (κ2) is 15.5. The zero-order valence-electron chi connectivity index (χ0n) is 27.4. The number of carbonyl (C=O) groups excluding carboxylic acids is 3. The number of carbonyl (C=O) groups is 3. The van der Waals surface area contributed by atoms with E-state index in [-0.39, 0.29) is 41.3 Å². The number of nitrogens with zero attached hydrogens (tertiary/aromatic N) is 3. The number of aliphatic hydroxyl groups is 1. The Hall–Kier alpha value is -6.26. The first kappa shape index (κ1) is 34.6. The van der Waals surface area contributed by atoms with Gasteiger partial charge in [-0.15, -0.1) is 0 Å². The standard InChI is InChI=1S/C35H33N5O11/c1-46-23-13-21(14-24(15-23)47-2)31(30(43)20-9-5-3-6-10-20)51-35(45)49-17-26-25(41)16-28(50-26)40-19-36-29-32(40)38-34(39-33(29)44)37-27(42)18-48-22-11-7-4-8-12-22/h3-15,19,25-26,28,31,41H,16-18H2,1-2H3,(H2,37,38,39,42,44)/t25-,26+,28+,31?/m0/s1. The molecule has 5 aromatic rings. The molecule has 0 aliphatic carbocycles. The van der Waals surface area contributed by atoms with Gasteiger partial charge in [-0.3, -0.25) is 29.3 Å². The number of aromatic amines is 1. The van der Waals surface area contributed by atoms with Crippen molar-refractivity contribution < 1.29 is 47.9 Å². The van der Waals surface area contributed by atoms with E-state index in [0.717, 1.165) is 0 Å². The molecule has 6 rings (SSSR count). The van der Waals surface area contributed by atoms with E-state index in [9.17, 15) is 24.3 Å². The van der Waals surface area contributed by atoms with Crippen molar-refractivity contribution >= 4 is 35.0 Å². The van der Waals surface area contributed by atoms with Crippen molar-refractivity contribution in [2.24, 2.45) is 0 Å². The Bertz CT molecular complexity index is 2050. The molecule has 0 radical (unpaired) electrons. The third-order valence-electron chi connectivity index (χ3n) is 7.87. The van der Waals surface area contributed by atoms with E-state index in [1.54, 1.807) is 72.8 Å². The fraction of sp³-hybridized carbons (Fsp3) is 0.257. The number of hydrogen-bond donors (Lipinski definition) is 3. The van der Waals surface area contributed by atoms with Crippen molar-refractivity contribution in [3.8, 4) is 17.2 Å². The van der Waals surface area contributed by atoms with E-state index in [4.69, 9.17) is 28.4 Å². The molecule has 3 aromatic carbocycles. The van der Waals surface area contributed by atoms with Crippen molar-refractivity contribution in [3.05, 3.63) is 107 Å². The minimum atomic E-state index is -1.42. The maximum Gasteiger partial charge on any atom is 0.509 e. The molecule has 0 spiro atoms. The summed E-state index contributed by atoms with van der Waals surface area (Å²) in [6, 6.07) is 21.7. The molecule has 16 heteroatoms. The van der Waals surface area contributed by atoms with Crippen LogP contribution in [0.2, 0.25) is 0 Å². The van der Waals surface area contributed by atoms with Crippen LogP contribution in [0.3, 0.4) is 0 Å². The van der Waals surface area contributed by atoms with Crippen molar-refractivity contribution in [2.45, 2.75) is 31.0 Å². The molecule has 264 valence electrons. The van der Waals surface area contributed by atoms with Crippen LogP contribution in [0.4, 0.5) is 10.7 Å². The average Bonchev–Trinajstić information content (AvgIpc) is 3.75. The summed E-state index contributed by atoms with van der Waals surface area (Å²) in [4.78, 5) is 62.7. The van der Waals surface area contributed by atoms with Gasteiger partial charge in [-0.2, -0.15) is 4.98 Å². The molecule has 0 saturated carbocycles. The lowest BCUT2D eigenvalue weighted by Gasteiger charge is -2.20. The Kier molecular flexibility index (Phi) is 10.5. The lowest BCUT2D eigenvalue weighted by Crippen LogP contribution is -2.29. The van der Waals surface area contributed by atoms with E-state index in [2.05, 4.69) is 20.3 Å². The summed E-state index contributed by atoms with van der Waals surface area (Å²) in [7, 11) is 2.89. The van der Waals surface area contributed by atoms with Gasteiger partial charge in [0.1, 0.15) is 36.2 Å². The van der Waals surface area contributed by atoms with Gasteiger partial charge >= 0.3 is 6.16 Å². The van der Waals surface area contributed by atoms with Gasteiger partial charge in [0, 0.05) is 23.6 Å². The third kappa shape index (κ3) is 8.14. The molecule has 2 aromatic heterocycles. The smallest absolute Gasteiger partial charge is 0.497 e. The molecular weight excluding hydrogens is 666 g/mol. The van der Waals surface area contributed by atoms with Crippen molar-refractivity contribution in [1.29, 1.82) is 0 Å². The number of imidazole rings is 1. The van der Waals surface area contributed by atoms with Crippen LogP contribution >= 0.6 is 0 Å².